The molecule has 0 radical (unpaired) electrons. The number of carbonyl (C=O) groups is 1. The van der Waals surface area contributed by atoms with Gasteiger partial charge >= 0.3 is 5.69 Å². The van der Waals surface area contributed by atoms with E-state index in [0.717, 1.165) is 19.2 Å². The molecule has 0 unspecified atom stereocenters. The van der Waals surface area contributed by atoms with Crippen LogP contribution in [0.1, 0.15) is 12.8 Å². The summed E-state index contributed by atoms with van der Waals surface area (Å²) in [6, 6.07) is 2.64. The molecular weight excluding hydrogens is 320 g/mol. The fourth-order valence-electron chi connectivity index (χ4n) is 1.50. The van der Waals surface area contributed by atoms with E-state index >= 15 is 0 Å². The summed E-state index contributed by atoms with van der Waals surface area (Å²) in [5.74, 6) is -1.08. The van der Waals surface area contributed by atoms with E-state index in [1.807, 2.05) is 0 Å². The lowest BCUT2D eigenvalue weighted by Gasteiger charge is -2.17. The second-order valence-electron chi connectivity index (χ2n) is 4.18. The smallest absolute Gasteiger partial charge is 0.321 e. The highest BCUT2D eigenvalue weighted by Gasteiger charge is 2.23. The van der Waals surface area contributed by atoms with Crippen LogP contribution in [0.3, 0.4) is 0 Å². The summed E-state index contributed by atoms with van der Waals surface area (Å²) in [6.07, 6.45) is -1.89. The first-order valence-electron chi connectivity index (χ1n) is 6.11. The minimum Gasteiger partial charge on any atom is -0.370 e. The molecule has 0 N–H and O–H groups in total. The lowest BCUT2D eigenvalue weighted by Crippen LogP contribution is -2.30. The molecule has 23 heavy (non-hydrogen) atoms. The molecule has 0 bridgehead atoms. The summed E-state index contributed by atoms with van der Waals surface area (Å²) in [4.78, 5) is 36.4. The predicted octanol–water partition coefficient (Wildman–Crippen LogP) is 2.82. The van der Waals surface area contributed by atoms with Gasteiger partial charge in [0, 0.05) is 19.5 Å². The van der Waals surface area contributed by atoms with Gasteiger partial charge in [-0.25, -0.2) is 0 Å². The number of benzene rings is 1. The van der Waals surface area contributed by atoms with Crippen LogP contribution in [-0.4, -0.2) is 27.9 Å². The van der Waals surface area contributed by atoms with Crippen molar-refractivity contribution in [2.75, 3.05) is 7.05 Å². The normalized spacial score (nSPS) is 9.87. The number of non-ortho nitro benzene ring substituents is 1. The van der Waals surface area contributed by atoms with E-state index in [1.165, 1.54) is 0 Å². The van der Waals surface area contributed by atoms with Crippen LogP contribution >= 0.6 is 0 Å². The molecule has 0 spiro atoms. The van der Waals surface area contributed by atoms with Crippen LogP contribution in [0.15, 0.2) is 30.4 Å². The van der Waals surface area contributed by atoms with Crippen molar-refractivity contribution in [2.45, 2.75) is 12.8 Å². The van der Waals surface area contributed by atoms with Gasteiger partial charge in [0.2, 0.25) is 5.75 Å². The molecule has 1 rings (SSSR count). The summed E-state index contributed by atoms with van der Waals surface area (Å²) in [5, 5.41) is 22.1. The number of nitro benzene ring substituents is 2. The van der Waals surface area contributed by atoms with E-state index in [2.05, 4.69) is 0 Å². The Bertz CT molecular complexity index is 660. The van der Waals surface area contributed by atoms with Crippen molar-refractivity contribution in [3.8, 4) is 5.75 Å². The highest BCUT2D eigenvalue weighted by molar-refractivity contribution is 5.75. The van der Waals surface area contributed by atoms with Gasteiger partial charge in [-0.3, -0.25) is 25.0 Å². The number of nitro groups is 2. The number of halogens is 2. The first-order valence-corrected chi connectivity index (χ1v) is 6.11. The van der Waals surface area contributed by atoms with Gasteiger partial charge in [-0.2, -0.15) is 13.8 Å². The summed E-state index contributed by atoms with van der Waals surface area (Å²) >= 11 is 0. The Balaban J connectivity index is 2.87. The van der Waals surface area contributed by atoms with Crippen LogP contribution in [0.5, 0.6) is 5.75 Å². The van der Waals surface area contributed by atoms with Crippen molar-refractivity contribution < 1.29 is 28.3 Å². The minimum absolute atomic E-state index is 0.225. The van der Waals surface area contributed by atoms with Gasteiger partial charge in [-0.15, -0.1) is 0 Å². The van der Waals surface area contributed by atoms with Gasteiger partial charge in [-0.05, 0) is 18.6 Å². The Morgan fingerprint density at radius 3 is 2.48 bits per heavy atom. The second kappa shape index (κ2) is 7.77. The molecule has 11 heteroatoms. The third-order valence-electron chi connectivity index (χ3n) is 2.59. The van der Waals surface area contributed by atoms with Crippen LogP contribution in [0, 0.1) is 20.2 Å². The van der Waals surface area contributed by atoms with Crippen LogP contribution in [0.25, 0.3) is 0 Å². The molecule has 9 nitrogen and oxygen atoms in total. The second-order valence-corrected chi connectivity index (χ2v) is 4.18. The summed E-state index contributed by atoms with van der Waals surface area (Å²) in [7, 11) is 1.14. The molecule has 1 aromatic carbocycles. The lowest BCUT2D eigenvalue weighted by molar-refractivity contribution is -0.395. The number of hydrogen-bond acceptors (Lipinski definition) is 6. The summed E-state index contributed by atoms with van der Waals surface area (Å²) < 4.78 is 23.7. The zero-order valence-corrected chi connectivity index (χ0v) is 11.8. The van der Waals surface area contributed by atoms with Crippen LogP contribution in [0.2, 0.25) is 0 Å². The quantitative estimate of drug-likeness (QED) is 0.560. The fourth-order valence-corrected chi connectivity index (χ4v) is 1.50. The Morgan fingerprint density at radius 1 is 1.30 bits per heavy atom. The minimum atomic E-state index is -1.92. The molecule has 0 fully saturated rings. The number of nitrogens with zero attached hydrogens (tertiary/aromatic N) is 3. The number of carbonyl (C=O) groups excluding carboxylic acids is 1. The molecule has 1 aromatic rings. The van der Waals surface area contributed by atoms with Gasteiger partial charge in [0.05, 0.1) is 15.9 Å². The lowest BCUT2D eigenvalue weighted by atomic mass is 10.2. The molecule has 0 saturated heterocycles. The first kappa shape index (κ1) is 17.9. The van der Waals surface area contributed by atoms with Gasteiger partial charge < -0.3 is 4.84 Å². The number of amides is 1. The Labute approximate surface area is 128 Å². The largest absolute Gasteiger partial charge is 0.370 e. The number of hydroxylamine groups is 2. The maximum absolute atomic E-state index is 11.9. The summed E-state index contributed by atoms with van der Waals surface area (Å²) in [6.45, 7) is 0. The van der Waals surface area contributed by atoms with Crippen molar-refractivity contribution in [3.63, 3.8) is 0 Å². The Kier molecular flexibility index (Phi) is 6.06. The molecule has 0 saturated carbocycles. The maximum Gasteiger partial charge on any atom is 0.321 e. The zero-order chi connectivity index (χ0) is 17.6. The monoisotopic (exact) mass is 331 g/mol. The van der Waals surface area contributed by atoms with Crippen molar-refractivity contribution in [2.24, 2.45) is 0 Å². The van der Waals surface area contributed by atoms with Gasteiger partial charge in [-0.1, -0.05) is 0 Å². The van der Waals surface area contributed by atoms with Crippen LogP contribution in [-0.2, 0) is 4.79 Å². The topological polar surface area (TPSA) is 116 Å². The predicted molar refractivity (Wildman–Crippen MR) is 72.7 cm³/mol. The molecule has 124 valence electrons. The SMILES string of the molecule is CN(Oc1ccc([N+](=O)[O-])cc1[N+](=O)[O-])C(=O)CCC=C(F)F. The highest BCUT2D eigenvalue weighted by atomic mass is 19.3. The fraction of sp³-hybridized carbons (Fsp3) is 0.250. The van der Waals surface area contributed by atoms with E-state index < -0.39 is 33.2 Å². The van der Waals surface area contributed by atoms with Crippen LogP contribution < -0.4 is 4.84 Å². The van der Waals surface area contributed by atoms with Crippen molar-refractivity contribution in [1.29, 1.82) is 0 Å². The molecule has 1 amide bonds. The molecule has 0 heterocycles. The third kappa shape index (κ3) is 5.30. The van der Waals surface area contributed by atoms with E-state index in [-0.39, 0.29) is 18.6 Å². The van der Waals surface area contributed by atoms with Crippen molar-refractivity contribution >= 4 is 17.3 Å². The Hall–Kier alpha value is -3.11. The first-order chi connectivity index (χ1) is 10.7. The van der Waals surface area contributed by atoms with Gasteiger partial charge in [0.25, 0.3) is 17.7 Å². The number of rotatable bonds is 7. The van der Waals surface area contributed by atoms with Crippen molar-refractivity contribution in [3.05, 3.63) is 50.6 Å². The van der Waals surface area contributed by atoms with Gasteiger partial charge in [0.15, 0.2) is 0 Å². The maximum atomic E-state index is 11.9. The molecule has 0 aliphatic heterocycles. The summed E-state index contributed by atoms with van der Waals surface area (Å²) in [5.41, 5.74) is -1.21. The zero-order valence-electron chi connectivity index (χ0n) is 11.8. The number of allylic oxidation sites excluding steroid dienone is 1. The molecule has 0 atom stereocenters. The van der Waals surface area contributed by atoms with E-state index in [0.29, 0.717) is 17.2 Å². The Morgan fingerprint density at radius 2 is 1.96 bits per heavy atom. The van der Waals surface area contributed by atoms with E-state index in [4.69, 9.17) is 4.84 Å². The number of hydrogen-bond donors (Lipinski definition) is 0. The third-order valence-corrected chi connectivity index (χ3v) is 2.59. The van der Waals surface area contributed by atoms with E-state index in [9.17, 15) is 33.8 Å². The average Bonchev–Trinajstić information content (AvgIpc) is 2.46. The van der Waals surface area contributed by atoms with E-state index in [1.54, 1.807) is 0 Å². The van der Waals surface area contributed by atoms with Gasteiger partial charge in [0.1, 0.15) is 0 Å². The standard InChI is InChI=1S/C12H11F2N3O6/c1-15(12(18)4-2-3-11(13)14)23-10-6-5-8(16(19)20)7-9(10)17(21)22/h3,5-7H,2,4H2,1H3. The molecule has 0 aliphatic rings. The molecule has 0 aromatic heterocycles. The molecular formula is C12H11F2N3O6. The van der Waals surface area contributed by atoms with Crippen LogP contribution in [0.4, 0.5) is 20.2 Å². The molecule has 0 aliphatic carbocycles. The van der Waals surface area contributed by atoms with Crippen molar-refractivity contribution in [1.82, 2.24) is 5.06 Å². The average molecular weight is 331 g/mol. The highest BCUT2D eigenvalue weighted by Crippen LogP contribution is 2.31.